The highest BCUT2D eigenvalue weighted by Gasteiger charge is 2.31. The van der Waals surface area contributed by atoms with E-state index in [2.05, 4.69) is 12.8 Å². The molecular weight excluding hydrogens is 150 g/mol. The van der Waals surface area contributed by atoms with Crippen molar-refractivity contribution in [2.24, 2.45) is 5.92 Å². The molecule has 0 spiro atoms. The summed E-state index contributed by atoms with van der Waals surface area (Å²) in [5.41, 5.74) is 0. The molecule has 1 unspecified atom stereocenters. The number of terminal acetylenes is 1. The largest absolute Gasteiger partial charge is 0.322 e. The molecule has 0 saturated carbocycles. The van der Waals surface area contributed by atoms with E-state index in [0.29, 0.717) is 18.2 Å². The van der Waals surface area contributed by atoms with E-state index in [0.717, 1.165) is 13.1 Å². The summed E-state index contributed by atoms with van der Waals surface area (Å²) in [5, 5.41) is 0. The zero-order valence-corrected chi connectivity index (χ0v) is 7.76. The smallest absolute Gasteiger partial charge is 0.147 e. The van der Waals surface area contributed by atoms with Crippen molar-refractivity contribution in [2.45, 2.75) is 26.3 Å². The van der Waals surface area contributed by atoms with Crippen LogP contribution in [-0.2, 0) is 4.79 Å². The minimum atomic E-state index is 0.199. The van der Waals surface area contributed by atoms with E-state index in [9.17, 15) is 4.79 Å². The topological polar surface area (TPSA) is 21.5 Å². The van der Waals surface area contributed by atoms with Gasteiger partial charge in [0.05, 0.1) is 24.9 Å². The van der Waals surface area contributed by atoms with E-state index in [1.165, 1.54) is 4.90 Å². The lowest BCUT2D eigenvalue weighted by molar-refractivity contribution is -0.921. The molecule has 2 heteroatoms. The molecule has 1 N–H and O–H groups in total. The number of rotatable bonds is 1. The highest BCUT2D eigenvalue weighted by molar-refractivity contribution is 5.81. The molecule has 1 heterocycles. The Labute approximate surface area is 73.9 Å². The van der Waals surface area contributed by atoms with Gasteiger partial charge in [-0.15, -0.1) is 6.42 Å². The highest BCUT2D eigenvalue weighted by atomic mass is 16.1. The molecule has 1 fully saturated rings. The number of hydrogen-bond donors (Lipinski definition) is 1. The van der Waals surface area contributed by atoms with Gasteiger partial charge in [-0.25, -0.2) is 0 Å². The summed E-state index contributed by atoms with van der Waals surface area (Å²) >= 11 is 0. The molecule has 3 atom stereocenters. The molecule has 1 aliphatic heterocycles. The van der Waals surface area contributed by atoms with Gasteiger partial charge in [-0.2, -0.15) is 0 Å². The maximum atomic E-state index is 11.3. The molecular formula is C10H16NO+. The van der Waals surface area contributed by atoms with Crippen LogP contribution in [0.25, 0.3) is 0 Å². The van der Waals surface area contributed by atoms with Crippen LogP contribution >= 0.6 is 0 Å². The van der Waals surface area contributed by atoms with Crippen LogP contribution in [0.5, 0.6) is 0 Å². The molecule has 1 rings (SSSR count). The highest BCUT2D eigenvalue weighted by Crippen LogP contribution is 2.04. The van der Waals surface area contributed by atoms with Crippen molar-refractivity contribution in [3.63, 3.8) is 0 Å². The lowest BCUT2D eigenvalue weighted by Crippen LogP contribution is -3.17. The van der Waals surface area contributed by atoms with Crippen molar-refractivity contribution in [3.05, 3.63) is 0 Å². The van der Waals surface area contributed by atoms with Crippen molar-refractivity contribution in [1.82, 2.24) is 0 Å². The fraction of sp³-hybridized carbons (Fsp3) is 0.700. The fourth-order valence-electron chi connectivity index (χ4n) is 1.73. The molecule has 0 bridgehead atoms. The van der Waals surface area contributed by atoms with E-state index >= 15 is 0 Å². The zero-order chi connectivity index (χ0) is 9.14. The van der Waals surface area contributed by atoms with Crippen molar-refractivity contribution >= 4 is 5.78 Å². The molecule has 0 aromatic rings. The van der Waals surface area contributed by atoms with E-state index in [4.69, 9.17) is 6.42 Å². The van der Waals surface area contributed by atoms with Crippen molar-refractivity contribution in [2.75, 3.05) is 13.1 Å². The van der Waals surface area contributed by atoms with E-state index < -0.39 is 0 Å². The number of carbonyl (C=O) groups excluding carboxylic acids is 1. The van der Waals surface area contributed by atoms with E-state index in [1.54, 1.807) is 0 Å². The summed E-state index contributed by atoms with van der Waals surface area (Å²) in [7, 11) is 0. The normalized spacial score (nSPS) is 36.1. The summed E-state index contributed by atoms with van der Waals surface area (Å²) in [6.45, 7) is 5.74. The summed E-state index contributed by atoms with van der Waals surface area (Å²) in [4.78, 5) is 12.7. The van der Waals surface area contributed by atoms with Crippen LogP contribution in [0.1, 0.15) is 20.3 Å². The maximum Gasteiger partial charge on any atom is 0.147 e. The number of likely N-dealkylation sites (tertiary alicyclic amines) is 1. The van der Waals surface area contributed by atoms with Gasteiger partial charge in [0.15, 0.2) is 0 Å². The molecule has 12 heavy (non-hydrogen) atoms. The number of ketones is 1. The first-order chi connectivity index (χ1) is 5.65. The number of Topliss-reactive ketones (excluding diaryl/α,β-unsaturated/α-hetero) is 1. The number of hydrogen-bond acceptors (Lipinski definition) is 1. The summed E-state index contributed by atoms with van der Waals surface area (Å²) in [6.07, 6.45) is 5.94. The molecule has 0 amide bonds. The van der Waals surface area contributed by atoms with E-state index in [-0.39, 0.29) is 5.92 Å². The standard InChI is InChI=1S/C10H15NO/c1-4-5-11-7-8(2)10(12)6-9(11)3/h1,8-9H,5-7H2,2-3H3/p+1/t8-,9+/m1/s1. The number of nitrogens with one attached hydrogen (secondary N) is 1. The number of quaternary nitrogens is 1. The molecule has 0 aromatic heterocycles. The minimum absolute atomic E-state index is 0.199. The first-order valence-corrected chi connectivity index (χ1v) is 4.46. The van der Waals surface area contributed by atoms with Gasteiger partial charge >= 0.3 is 0 Å². The first-order valence-electron chi connectivity index (χ1n) is 4.46. The predicted octanol–water partition coefficient (Wildman–Crippen LogP) is -0.498. The van der Waals surface area contributed by atoms with Crippen molar-refractivity contribution in [3.8, 4) is 12.3 Å². The molecule has 66 valence electrons. The predicted molar refractivity (Wildman–Crippen MR) is 47.8 cm³/mol. The van der Waals surface area contributed by atoms with Gasteiger partial charge in [0.2, 0.25) is 0 Å². The van der Waals surface area contributed by atoms with Crippen molar-refractivity contribution in [1.29, 1.82) is 0 Å². The van der Waals surface area contributed by atoms with Crippen LogP contribution in [0.2, 0.25) is 0 Å². The Balaban J connectivity index is 2.56. The second-order valence-corrected chi connectivity index (χ2v) is 3.72. The third-order valence-corrected chi connectivity index (χ3v) is 2.65. The van der Waals surface area contributed by atoms with Crippen LogP contribution in [-0.4, -0.2) is 24.9 Å². The van der Waals surface area contributed by atoms with E-state index in [1.807, 2.05) is 6.92 Å². The van der Waals surface area contributed by atoms with Gasteiger partial charge in [0.25, 0.3) is 0 Å². The van der Waals surface area contributed by atoms with Crippen LogP contribution < -0.4 is 4.90 Å². The van der Waals surface area contributed by atoms with Gasteiger partial charge in [-0.05, 0) is 12.8 Å². The average Bonchev–Trinajstić information content (AvgIpc) is 2.01. The van der Waals surface area contributed by atoms with Gasteiger partial charge in [-0.3, -0.25) is 4.79 Å². The fourth-order valence-corrected chi connectivity index (χ4v) is 1.73. The quantitative estimate of drug-likeness (QED) is 0.521. The molecule has 1 aliphatic rings. The minimum Gasteiger partial charge on any atom is -0.322 e. The van der Waals surface area contributed by atoms with Gasteiger partial charge in [0, 0.05) is 0 Å². The van der Waals surface area contributed by atoms with Crippen LogP contribution in [0, 0.1) is 18.3 Å². The van der Waals surface area contributed by atoms with Crippen LogP contribution in [0.15, 0.2) is 0 Å². The van der Waals surface area contributed by atoms with Gasteiger partial charge in [-0.1, -0.05) is 6.92 Å². The summed E-state index contributed by atoms with van der Waals surface area (Å²) in [5.74, 6) is 3.25. The molecule has 0 radical (unpaired) electrons. The third-order valence-electron chi connectivity index (χ3n) is 2.65. The van der Waals surface area contributed by atoms with Crippen LogP contribution in [0.4, 0.5) is 0 Å². The Morgan fingerprint density at radius 2 is 2.33 bits per heavy atom. The monoisotopic (exact) mass is 166 g/mol. The molecule has 2 nitrogen and oxygen atoms in total. The SMILES string of the molecule is C#CC[NH+]1C[C@@H](C)C(=O)C[C@@H]1C. The van der Waals surface area contributed by atoms with Gasteiger partial charge < -0.3 is 4.90 Å². The average molecular weight is 166 g/mol. The Hall–Kier alpha value is -0.810. The van der Waals surface area contributed by atoms with Gasteiger partial charge in [0.1, 0.15) is 12.3 Å². The van der Waals surface area contributed by atoms with Crippen molar-refractivity contribution < 1.29 is 9.69 Å². The van der Waals surface area contributed by atoms with Crippen LogP contribution in [0.3, 0.4) is 0 Å². The Kier molecular flexibility index (Phi) is 2.88. The third kappa shape index (κ3) is 1.86. The lowest BCUT2D eigenvalue weighted by atomic mass is 9.94. The molecule has 0 aromatic carbocycles. The maximum absolute atomic E-state index is 11.3. The Bertz CT molecular complexity index is 216. The second-order valence-electron chi connectivity index (χ2n) is 3.72. The number of carbonyl (C=O) groups is 1. The molecule has 1 saturated heterocycles. The molecule has 0 aliphatic carbocycles. The zero-order valence-electron chi connectivity index (χ0n) is 7.76. The Morgan fingerprint density at radius 3 is 2.92 bits per heavy atom. The lowest BCUT2D eigenvalue weighted by Gasteiger charge is -2.31. The number of piperidine rings is 1. The summed E-state index contributed by atoms with van der Waals surface area (Å²) in [6, 6.07) is 0.407. The Morgan fingerprint density at radius 1 is 1.67 bits per heavy atom. The summed E-state index contributed by atoms with van der Waals surface area (Å²) < 4.78 is 0. The first kappa shape index (κ1) is 9.28. The second kappa shape index (κ2) is 3.73.